The molecule has 0 fully saturated rings. The summed E-state index contributed by atoms with van der Waals surface area (Å²) in [6.45, 7) is 3.91. The van der Waals surface area contributed by atoms with E-state index in [9.17, 15) is 4.79 Å². The Bertz CT molecular complexity index is 608. The first-order valence-electron chi connectivity index (χ1n) is 6.12. The van der Waals surface area contributed by atoms with Crippen molar-refractivity contribution in [3.8, 4) is 0 Å². The van der Waals surface area contributed by atoms with Crippen LogP contribution >= 0.6 is 0 Å². The van der Waals surface area contributed by atoms with Crippen LogP contribution in [0.1, 0.15) is 21.5 Å². The smallest absolute Gasteiger partial charge is 0.255 e. The lowest BCUT2D eigenvalue weighted by Crippen LogP contribution is -2.13. The summed E-state index contributed by atoms with van der Waals surface area (Å²) in [5.74, 6) is -0.123. The average Bonchev–Trinajstić information content (AvgIpc) is 2.41. The fourth-order valence-corrected chi connectivity index (χ4v) is 1.87. The minimum Gasteiger partial charge on any atom is -0.388 e. The van der Waals surface area contributed by atoms with Crippen molar-refractivity contribution >= 4 is 17.3 Å². The molecule has 4 nitrogen and oxygen atoms in total. The lowest BCUT2D eigenvalue weighted by Gasteiger charge is -2.10. The Hall–Kier alpha value is -2.36. The molecule has 2 N–H and O–H groups in total. The molecule has 2 rings (SSSR count). The molecular weight excluding hydrogens is 238 g/mol. The van der Waals surface area contributed by atoms with Crippen LogP contribution in [-0.2, 0) is 0 Å². The zero-order valence-electron chi connectivity index (χ0n) is 11.3. The minimum absolute atomic E-state index is 0.123. The van der Waals surface area contributed by atoms with Crippen LogP contribution in [0.15, 0.2) is 36.7 Å². The van der Waals surface area contributed by atoms with Crippen molar-refractivity contribution in [3.63, 3.8) is 0 Å². The number of amides is 1. The third kappa shape index (κ3) is 2.91. The third-order valence-electron chi connectivity index (χ3n) is 3.05. The van der Waals surface area contributed by atoms with Gasteiger partial charge >= 0.3 is 0 Å². The minimum atomic E-state index is -0.123. The number of nitrogens with zero attached hydrogens (tertiary/aromatic N) is 1. The molecule has 0 spiro atoms. The molecule has 0 aliphatic heterocycles. The molecule has 0 radical (unpaired) electrons. The molecule has 1 aromatic carbocycles. The molecule has 1 heterocycles. The van der Waals surface area contributed by atoms with E-state index in [-0.39, 0.29) is 5.91 Å². The fourth-order valence-electron chi connectivity index (χ4n) is 1.87. The molecule has 0 saturated heterocycles. The Morgan fingerprint density at radius 1 is 1.11 bits per heavy atom. The van der Waals surface area contributed by atoms with Gasteiger partial charge in [-0.25, -0.2) is 0 Å². The van der Waals surface area contributed by atoms with E-state index >= 15 is 0 Å². The van der Waals surface area contributed by atoms with E-state index in [0.717, 1.165) is 22.5 Å². The van der Waals surface area contributed by atoms with Gasteiger partial charge in [0.15, 0.2) is 0 Å². The summed E-state index contributed by atoms with van der Waals surface area (Å²) in [6.07, 6.45) is 3.36. The monoisotopic (exact) mass is 255 g/mol. The summed E-state index contributed by atoms with van der Waals surface area (Å²) in [5.41, 5.74) is 4.43. The zero-order valence-corrected chi connectivity index (χ0v) is 11.3. The highest BCUT2D eigenvalue weighted by Crippen LogP contribution is 2.18. The first-order valence-corrected chi connectivity index (χ1v) is 6.12. The molecule has 0 aliphatic rings. The summed E-state index contributed by atoms with van der Waals surface area (Å²) in [6, 6.07) is 7.44. The molecule has 0 unspecified atom stereocenters. The van der Waals surface area contributed by atoms with Crippen LogP contribution in [0.25, 0.3) is 0 Å². The fraction of sp³-hybridized carbons (Fsp3) is 0.200. The van der Waals surface area contributed by atoms with Crippen molar-refractivity contribution in [2.45, 2.75) is 13.8 Å². The van der Waals surface area contributed by atoms with Crippen LogP contribution in [0, 0.1) is 13.8 Å². The topological polar surface area (TPSA) is 54.0 Å². The first kappa shape index (κ1) is 13.1. The highest BCUT2D eigenvalue weighted by Gasteiger charge is 2.09. The van der Waals surface area contributed by atoms with Crippen LogP contribution in [0.4, 0.5) is 11.4 Å². The van der Waals surface area contributed by atoms with Gasteiger partial charge < -0.3 is 10.6 Å². The third-order valence-corrected chi connectivity index (χ3v) is 3.05. The first-order chi connectivity index (χ1) is 9.11. The summed E-state index contributed by atoms with van der Waals surface area (Å²) in [7, 11) is 1.86. The van der Waals surface area contributed by atoms with Crippen molar-refractivity contribution in [1.82, 2.24) is 4.98 Å². The van der Waals surface area contributed by atoms with Crippen molar-refractivity contribution in [2.24, 2.45) is 0 Å². The van der Waals surface area contributed by atoms with Gasteiger partial charge in [-0.1, -0.05) is 0 Å². The number of pyridine rings is 1. The number of benzene rings is 1. The number of aryl methyl sites for hydroxylation is 2. The highest BCUT2D eigenvalue weighted by molar-refractivity contribution is 6.04. The second kappa shape index (κ2) is 5.52. The molecule has 0 aliphatic carbocycles. The van der Waals surface area contributed by atoms with E-state index in [1.807, 2.05) is 39.1 Å². The van der Waals surface area contributed by atoms with E-state index in [1.54, 1.807) is 18.5 Å². The standard InChI is InChI=1S/C15H17N3O/c1-10-6-7-17-9-14(10)18-15(19)12-4-5-13(16-3)11(2)8-12/h4-9,16H,1-3H3,(H,18,19). The number of rotatable bonds is 3. The van der Waals surface area contributed by atoms with Gasteiger partial charge in [-0.05, 0) is 49.2 Å². The number of nitrogens with one attached hydrogen (secondary N) is 2. The Morgan fingerprint density at radius 2 is 1.89 bits per heavy atom. The Morgan fingerprint density at radius 3 is 2.53 bits per heavy atom. The van der Waals surface area contributed by atoms with E-state index < -0.39 is 0 Å². The number of aromatic nitrogens is 1. The van der Waals surface area contributed by atoms with E-state index in [1.165, 1.54) is 0 Å². The van der Waals surface area contributed by atoms with Gasteiger partial charge in [-0.3, -0.25) is 9.78 Å². The van der Waals surface area contributed by atoms with E-state index in [4.69, 9.17) is 0 Å². The molecule has 98 valence electrons. The van der Waals surface area contributed by atoms with Crippen molar-refractivity contribution in [1.29, 1.82) is 0 Å². The predicted molar refractivity (Wildman–Crippen MR) is 77.7 cm³/mol. The molecule has 19 heavy (non-hydrogen) atoms. The lowest BCUT2D eigenvalue weighted by atomic mass is 10.1. The van der Waals surface area contributed by atoms with Crippen LogP contribution in [-0.4, -0.2) is 17.9 Å². The second-order valence-electron chi connectivity index (χ2n) is 4.42. The van der Waals surface area contributed by atoms with Gasteiger partial charge in [0, 0.05) is 24.5 Å². The van der Waals surface area contributed by atoms with Crippen LogP contribution < -0.4 is 10.6 Å². The number of carbonyl (C=O) groups is 1. The molecule has 0 saturated carbocycles. The molecule has 1 aromatic heterocycles. The van der Waals surface area contributed by atoms with Gasteiger partial charge in [-0.15, -0.1) is 0 Å². The Balaban J connectivity index is 2.21. The van der Waals surface area contributed by atoms with Gasteiger partial charge in [0.25, 0.3) is 5.91 Å². The molecule has 0 bridgehead atoms. The van der Waals surface area contributed by atoms with Crippen LogP contribution in [0.3, 0.4) is 0 Å². The van der Waals surface area contributed by atoms with E-state index in [2.05, 4.69) is 15.6 Å². The second-order valence-corrected chi connectivity index (χ2v) is 4.42. The molecule has 0 atom stereocenters. The summed E-state index contributed by atoms with van der Waals surface area (Å²) in [4.78, 5) is 16.2. The van der Waals surface area contributed by atoms with Crippen LogP contribution in [0.5, 0.6) is 0 Å². The van der Waals surface area contributed by atoms with E-state index in [0.29, 0.717) is 5.56 Å². The molecule has 2 aromatic rings. The van der Waals surface area contributed by atoms with Gasteiger partial charge in [0.05, 0.1) is 11.9 Å². The molecular formula is C15H17N3O. The van der Waals surface area contributed by atoms with Gasteiger partial charge in [-0.2, -0.15) is 0 Å². The van der Waals surface area contributed by atoms with Crippen molar-refractivity contribution in [2.75, 3.05) is 17.7 Å². The predicted octanol–water partition coefficient (Wildman–Crippen LogP) is 2.99. The normalized spacial score (nSPS) is 10.1. The summed E-state index contributed by atoms with van der Waals surface area (Å²) >= 11 is 0. The Kier molecular flexibility index (Phi) is 3.80. The van der Waals surface area contributed by atoms with Crippen molar-refractivity contribution < 1.29 is 4.79 Å². The zero-order chi connectivity index (χ0) is 13.8. The summed E-state index contributed by atoms with van der Waals surface area (Å²) < 4.78 is 0. The van der Waals surface area contributed by atoms with Crippen molar-refractivity contribution in [3.05, 3.63) is 53.3 Å². The SMILES string of the molecule is CNc1ccc(C(=O)Nc2cnccc2C)cc1C. The number of anilines is 2. The van der Waals surface area contributed by atoms with Gasteiger partial charge in [0.2, 0.25) is 0 Å². The maximum absolute atomic E-state index is 12.2. The number of carbonyl (C=O) groups excluding carboxylic acids is 1. The van der Waals surface area contributed by atoms with Gasteiger partial charge in [0.1, 0.15) is 0 Å². The highest BCUT2D eigenvalue weighted by atomic mass is 16.1. The summed E-state index contributed by atoms with van der Waals surface area (Å²) in [5, 5.41) is 5.95. The number of hydrogen-bond donors (Lipinski definition) is 2. The largest absolute Gasteiger partial charge is 0.388 e. The van der Waals surface area contributed by atoms with Crippen LogP contribution in [0.2, 0.25) is 0 Å². The maximum Gasteiger partial charge on any atom is 0.255 e. The lowest BCUT2D eigenvalue weighted by molar-refractivity contribution is 0.102. The molecule has 4 heteroatoms. The quantitative estimate of drug-likeness (QED) is 0.886. The maximum atomic E-state index is 12.2. The average molecular weight is 255 g/mol. The number of hydrogen-bond acceptors (Lipinski definition) is 3. The Labute approximate surface area is 112 Å². The molecule has 1 amide bonds.